The van der Waals surface area contributed by atoms with Gasteiger partial charge in [0.05, 0.1) is 12.2 Å². The number of ketones is 1. The van der Waals surface area contributed by atoms with Gasteiger partial charge >= 0.3 is 11.9 Å². The minimum absolute atomic E-state index is 0.111. The van der Waals surface area contributed by atoms with E-state index < -0.39 is 69.7 Å². The van der Waals surface area contributed by atoms with Crippen molar-refractivity contribution >= 4 is 17.7 Å². The quantitative estimate of drug-likeness (QED) is 0.405. The summed E-state index contributed by atoms with van der Waals surface area (Å²) in [6.07, 6.45) is 3.01. The van der Waals surface area contributed by atoms with Crippen molar-refractivity contribution in [3.8, 4) is 0 Å². The highest BCUT2D eigenvalue weighted by Gasteiger charge is 2.87. The number of ether oxygens (including phenoxy) is 2. The van der Waals surface area contributed by atoms with E-state index in [1.165, 1.54) is 6.92 Å². The van der Waals surface area contributed by atoms with Crippen molar-refractivity contribution in [3.63, 3.8) is 0 Å². The zero-order valence-electron chi connectivity index (χ0n) is 20.8. The fourth-order valence-corrected chi connectivity index (χ4v) is 7.47. The van der Waals surface area contributed by atoms with Gasteiger partial charge in [0.15, 0.2) is 11.4 Å². The third-order valence-corrected chi connectivity index (χ3v) is 8.98. The lowest BCUT2D eigenvalue weighted by Gasteiger charge is -2.53. The first-order valence-electron chi connectivity index (χ1n) is 12.1. The summed E-state index contributed by atoms with van der Waals surface area (Å²) in [7, 11) is 0. The number of aliphatic hydroxyl groups is 3. The summed E-state index contributed by atoms with van der Waals surface area (Å²) in [6, 6.07) is 0. The number of esters is 2. The molecule has 8 heteroatoms. The van der Waals surface area contributed by atoms with E-state index in [4.69, 9.17) is 9.47 Å². The van der Waals surface area contributed by atoms with Crippen LogP contribution in [0.2, 0.25) is 0 Å². The van der Waals surface area contributed by atoms with Gasteiger partial charge in [-0.05, 0) is 24.5 Å². The first-order chi connectivity index (χ1) is 15.7. The summed E-state index contributed by atoms with van der Waals surface area (Å²) in [5.74, 6) is -4.35. The van der Waals surface area contributed by atoms with E-state index in [0.29, 0.717) is 17.6 Å². The van der Waals surface area contributed by atoms with Crippen LogP contribution in [0.4, 0.5) is 0 Å². The molecule has 4 rings (SSSR count). The van der Waals surface area contributed by atoms with Crippen LogP contribution in [-0.2, 0) is 23.9 Å². The molecule has 0 radical (unpaired) electrons. The molecule has 0 aromatic carbocycles. The second-order valence-electron chi connectivity index (χ2n) is 11.2. The maximum Gasteiger partial charge on any atom is 0.306 e. The number of hydrogen-bond donors (Lipinski definition) is 3. The van der Waals surface area contributed by atoms with Crippen molar-refractivity contribution in [3.05, 3.63) is 23.3 Å². The number of Topliss-reactive ketones (excluding diaryl/α,β-unsaturated/α-hetero) is 1. The van der Waals surface area contributed by atoms with Crippen molar-refractivity contribution in [2.24, 2.45) is 29.1 Å². The van der Waals surface area contributed by atoms with Crippen molar-refractivity contribution in [2.45, 2.75) is 83.7 Å². The minimum Gasteiger partial charge on any atom is -0.458 e. The summed E-state index contributed by atoms with van der Waals surface area (Å²) in [5.41, 5.74) is -4.69. The Balaban J connectivity index is 1.94. The maximum atomic E-state index is 13.1. The third-order valence-electron chi connectivity index (χ3n) is 8.98. The summed E-state index contributed by atoms with van der Waals surface area (Å²) in [6.45, 7) is 9.91. The lowest BCUT2D eigenvalue weighted by atomic mass is 9.59. The van der Waals surface area contributed by atoms with Crippen molar-refractivity contribution in [2.75, 3.05) is 6.61 Å². The van der Waals surface area contributed by atoms with Crippen LogP contribution in [-0.4, -0.2) is 62.6 Å². The fourth-order valence-electron chi connectivity index (χ4n) is 7.47. The highest BCUT2D eigenvalue weighted by atomic mass is 16.6. The molecule has 0 aromatic rings. The molecule has 8 atom stereocenters. The Labute approximate surface area is 200 Å². The Morgan fingerprint density at radius 2 is 1.85 bits per heavy atom. The van der Waals surface area contributed by atoms with Crippen LogP contribution in [0, 0.1) is 29.1 Å². The lowest BCUT2D eigenvalue weighted by Crippen LogP contribution is -2.66. The van der Waals surface area contributed by atoms with Gasteiger partial charge in [-0.1, -0.05) is 39.8 Å². The number of carbonyl (C=O) groups is 3. The molecule has 4 aliphatic rings. The molecule has 8 nitrogen and oxygen atoms in total. The van der Waals surface area contributed by atoms with E-state index in [2.05, 4.69) is 0 Å². The SMILES string of the molecule is CCCC(=O)O[C@@H]1[C@@H](C)[C@@]2(O)[C@@H](C=C(CO)C[C@]3(O)C(=O)C(C)=C[C@@H]23)[C@@H]2C(C)(C)[C@]12OC(C)=O. The van der Waals surface area contributed by atoms with Gasteiger partial charge < -0.3 is 24.8 Å². The van der Waals surface area contributed by atoms with Crippen LogP contribution in [0.5, 0.6) is 0 Å². The van der Waals surface area contributed by atoms with Crippen molar-refractivity contribution in [1.29, 1.82) is 0 Å². The van der Waals surface area contributed by atoms with E-state index in [-0.39, 0.29) is 19.4 Å². The van der Waals surface area contributed by atoms with Gasteiger partial charge in [0.1, 0.15) is 11.7 Å². The van der Waals surface area contributed by atoms with E-state index in [0.717, 1.165) is 0 Å². The molecule has 0 aliphatic heterocycles. The lowest BCUT2D eigenvalue weighted by molar-refractivity contribution is -0.228. The molecule has 188 valence electrons. The van der Waals surface area contributed by atoms with Gasteiger partial charge in [0.2, 0.25) is 0 Å². The predicted octanol–water partition coefficient (Wildman–Crippen LogP) is 1.85. The van der Waals surface area contributed by atoms with Crippen LogP contribution in [0.3, 0.4) is 0 Å². The summed E-state index contributed by atoms with van der Waals surface area (Å²) < 4.78 is 11.9. The normalized spacial score (nSPS) is 44.0. The predicted molar refractivity (Wildman–Crippen MR) is 121 cm³/mol. The highest BCUT2D eigenvalue weighted by Crippen LogP contribution is 2.77. The van der Waals surface area contributed by atoms with Crippen LogP contribution in [0.25, 0.3) is 0 Å². The van der Waals surface area contributed by atoms with Gasteiger partial charge in [-0.2, -0.15) is 0 Å². The van der Waals surface area contributed by atoms with Crippen LogP contribution in [0.1, 0.15) is 60.8 Å². The standard InChI is InChI=1S/C26H36O8/c1-7-8-19(29)33-22-14(3)25(32)17(20-23(5,6)26(20,22)34-15(4)28)10-16(12-27)11-24(31)18(25)9-13(2)21(24)30/h9-10,14,17-18,20,22,27,31-32H,7-8,11-12H2,1-6H3/t14-,17+,18-,20-,22-,24-,25-,26-/m1/s1. The monoisotopic (exact) mass is 476 g/mol. The average Bonchev–Trinajstić information content (AvgIpc) is 3.16. The average molecular weight is 477 g/mol. The number of hydrogen-bond acceptors (Lipinski definition) is 8. The second-order valence-corrected chi connectivity index (χ2v) is 11.2. The molecule has 0 aromatic heterocycles. The van der Waals surface area contributed by atoms with Gasteiger partial charge in [-0.15, -0.1) is 0 Å². The van der Waals surface area contributed by atoms with E-state index >= 15 is 0 Å². The molecule has 4 aliphatic carbocycles. The molecule has 3 N–H and O–H groups in total. The topological polar surface area (TPSA) is 130 Å². The van der Waals surface area contributed by atoms with Gasteiger partial charge in [0.25, 0.3) is 0 Å². The van der Waals surface area contributed by atoms with E-state index in [9.17, 15) is 29.7 Å². The van der Waals surface area contributed by atoms with Crippen LogP contribution in [0.15, 0.2) is 23.3 Å². The molecular weight excluding hydrogens is 440 g/mol. The van der Waals surface area contributed by atoms with Crippen LogP contribution >= 0.6 is 0 Å². The Morgan fingerprint density at radius 3 is 2.41 bits per heavy atom. The Morgan fingerprint density at radius 1 is 1.21 bits per heavy atom. The number of fused-ring (bicyclic) bond motifs is 5. The highest BCUT2D eigenvalue weighted by molar-refractivity contribution is 6.04. The Bertz CT molecular complexity index is 995. The molecule has 0 unspecified atom stereocenters. The van der Waals surface area contributed by atoms with Gasteiger partial charge in [-0.3, -0.25) is 14.4 Å². The number of carbonyl (C=O) groups excluding carboxylic acids is 3. The summed E-state index contributed by atoms with van der Waals surface area (Å²) >= 11 is 0. The van der Waals surface area contributed by atoms with Gasteiger partial charge in [-0.25, -0.2) is 0 Å². The van der Waals surface area contributed by atoms with E-state index in [1.807, 2.05) is 20.8 Å². The zero-order chi connectivity index (χ0) is 25.4. The number of rotatable bonds is 5. The molecular formula is C26H36O8. The molecule has 0 bridgehead atoms. The largest absolute Gasteiger partial charge is 0.458 e. The smallest absolute Gasteiger partial charge is 0.306 e. The maximum absolute atomic E-state index is 13.1. The van der Waals surface area contributed by atoms with Gasteiger partial charge in [0, 0.05) is 48.9 Å². The van der Waals surface area contributed by atoms with Crippen LogP contribution < -0.4 is 0 Å². The molecule has 0 amide bonds. The first kappa shape index (κ1) is 25.1. The molecule has 34 heavy (non-hydrogen) atoms. The molecule has 0 saturated heterocycles. The first-order valence-corrected chi connectivity index (χ1v) is 12.1. The number of aliphatic hydroxyl groups excluding tert-OH is 1. The summed E-state index contributed by atoms with van der Waals surface area (Å²) in [4.78, 5) is 38.0. The second kappa shape index (κ2) is 7.73. The van der Waals surface area contributed by atoms with Crippen molar-refractivity contribution in [1.82, 2.24) is 0 Å². The van der Waals surface area contributed by atoms with E-state index in [1.54, 1.807) is 26.0 Å². The molecule has 0 spiro atoms. The van der Waals surface area contributed by atoms with Crippen molar-refractivity contribution < 1.29 is 39.2 Å². The summed E-state index contributed by atoms with van der Waals surface area (Å²) in [5, 5.41) is 34.2. The fraction of sp³-hybridized carbons (Fsp3) is 0.731. The Hall–Kier alpha value is -2.03. The zero-order valence-corrected chi connectivity index (χ0v) is 20.8. The third kappa shape index (κ3) is 2.97. The minimum atomic E-state index is -1.92. The Kier molecular flexibility index (Phi) is 5.70. The molecule has 2 fully saturated rings. The molecule has 0 heterocycles. The molecule has 2 saturated carbocycles.